The van der Waals surface area contributed by atoms with Gasteiger partial charge in [-0.25, -0.2) is 0 Å². The molecule has 0 spiro atoms. The second kappa shape index (κ2) is 5.92. The lowest BCUT2D eigenvalue weighted by Crippen LogP contribution is -2.41. The molecule has 1 aromatic carbocycles. The van der Waals surface area contributed by atoms with Crippen LogP contribution in [0, 0.1) is 0 Å². The molecule has 0 fully saturated rings. The normalized spacial score (nSPS) is 11.3. The van der Waals surface area contributed by atoms with Crippen LogP contribution in [0.25, 0.3) is 0 Å². The van der Waals surface area contributed by atoms with Gasteiger partial charge in [-0.1, -0.05) is 30.3 Å². The third-order valence-electron chi connectivity index (χ3n) is 2.91. The first-order valence-corrected chi connectivity index (χ1v) is 6.65. The average Bonchev–Trinajstić information content (AvgIpc) is 2.90. The zero-order valence-electron chi connectivity index (χ0n) is 11.8. The van der Waals surface area contributed by atoms with E-state index < -0.39 is 5.60 Å². The molecule has 4 nitrogen and oxygen atoms in total. The van der Waals surface area contributed by atoms with E-state index >= 15 is 0 Å². The van der Waals surface area contributed by atoms with Crippen LogP contribution in [0.5, 0.6) is 0 Å². The van der Waals surface area contributed by atoms with E-state index in [2.05, 4.69) is 4.98 Å². The van der Waals surface area contributed by atoms with Crippen LogP contribution >= 0.6 is 0 Å². The van der Waals surface area contributed by atoms with Gasteiger partial charge in [-0.3, -0.25) is 4.79 Å². The average molecular weight is 272 g/mol. The summed E-state index contributed by atoms with van der Waals surface area (Å²) in [5, 5.41) is 10.0. The first-order chi connectivity index (χ1) is 9.46. The number of nitrogens with one attached hydrogen (secondary N) is 1. The van der Waals surface area contributed by atoms with Gasteiger partial charge in [-0.15, -0.1) is 0 Å². The molecule has 106 valence electrons. The minimum atomic E-state index is -0.933. The Kier molecular flexibility index (Phi) is 4.25. The van der Waals surface area contributed by atoms with Crippen molar-refractivity contribution < 1.29 is 9.90 Å². The van der Waals surface area contributed by atoms with Crippen molar-refractivity contribution in [3.05, 3.63) is 59.9 Å². The number of amides is 1. The number of aromatic nitrogens is 1. The van der Waals surface area contributed by atoms with Crippen molar-refractivity contribution in [1.29, 1.82) is 0 Å². The first kappa shape index (κ1) is 14.3. The van der Waals surface area contributed by atoms with E-state index in [1.165, 1.54) is 0 Å². The van der Waals surface area contributed by atoms with Gasteiger partial charge in [0.1, 0.15) is 5.69 Å². The second-order valence-electron chi connectivity index (χ2n) is 5.54. The SMILES string of the molecule is CC(C)(O)CN(Cc1ccccc1)C(=O)c1ccc[nH]1. The van der Waals surface area contributed by atoms with Gasteiger partial charge in [-0.2, -0.15) is 0 Å². The fourth-order valence-corrected chi connectivity index (χ4v) is 2.10. The van der Waals surface area contributed by atoms with Gasteiger partial charge in [0.05, 0.1) is 5.60 Å². The third kappa shape index (κ3) is 3.96. The van der Waals surface area contributed by atoms with Crippen molar-refractivity contribution >= 4 is 5.91 Å². The van der Waals surface area contributed by atoms with Crippen LogP contribution in [0.4, 0.5) is 0 Å². The maximum absolute atomic E-state index is 12.5. The number of aromatic amines is 1. The molecule has 4 heteroatoms. The molecule has 1 aromatic heterocycles. The quantitative estimate of drug-likeness (QED) is 0.878. The van der Waals surface area contributed by atoms with Crippen LogP contribution in [-0.4, -0.2) is 33.0 Å². The Hall–Kier alpha value is -2.07. The van der Waals surface area contributed by atoms with Crippen LogP contribution < -0.4 is 0 Å². The highest BCUT2D eigenvalue weighted by atomic mass is 16.3. The molecule has 0 saturated heterocycles. The number of rotatable bonds is 5. The van der Waals surface area contributed by atoms with E-state index in [1.807, 2.05) is 30.3 Å². The highest BCUT2D eigenvalue weighted by molar-refractivity contribution is 5.92. The predicted molar refractivity (Wildman–Crippen MR) is 78.3 cm³/mol. The van der Waals surface area contributed by atoms with Gasteiger partial charge in [0.15, 0.2) is 0 Å². The fraction of sp³-hybridized carbons (Fsp3) is 0.312. The van der Waals surface area contributed by atoms with Gasteiger partial charge in [0, 0.05) is 19.3 Å². The van der Waals surface area contributed by atoms with Crippen LogP contribution in [0.2, 0.25) is 0 Å². The molecular weight excluding hydrogens is 252 g/mol. The zero-order chi connectivity index (χ0) is 14.6. The third-order valence-corrected chi connectivity index (χ3v) is 2.91. The number of benzene rings is 1. The van der Waals surface area contributed by atoms with Crippen molar-refractivity contribution in [2.75, 3.05) is 6.54 Å². The van der Waals surface area contributed by atoms with E-state index in [1.54, 1.807) is 37.1 Å². The van der Waals surface area contributed by atoms with E-state index in [0.717, 1.165) is 5.56 Å². The van der Waals surface area contributed by atoms with Crippen LogP contribution in [0.15, 0.2) is 48.7 Å². The summed E-state index contributed by atoms with van der Waals surface area (Å²) in [4.78, 5) is 17.0. The standard InChI is InChI=1S/C16H20N2O2/c1-16(2,20)12-18(11-13-7-4-3-5-8-13)15(19)14-9-6-10-17-14/h3-10,17,20H,11-12H2,1-2H3. The number of hydrogen-bond acceptors (Lipinski definition) is 2. The number of carbonyl (C=O) groups excluding carboxylic acids is 1. The molecule has 0 bridgehead atoms. The Morgan fingerprint density at radius 2 is 1.90 bits per heavy atom. The summed E-state index contributed by atoms with van der Waals surface area (Å²) in [6.07, 6.45) is 1.72. The molecule has 0 aliphatic heterocycles. The summed E-state index contributed by atoms with van der Waals surface area (Å²) in [6.45, 7) is 4.16. The molecule has 0 radical (unpaired) electrons. The molecular formula is C16H20N2O2. The van der Waals surface area contributed by atoms with E-state index in [-0.39, 0.29) is 12.5 Å². The number of carbonyl (C=O) groups is 1. The van der Waals surface area contributed by atoms with Crippen molar-refractivity contribution in [3.8, 4) is 0 Å². The number of H-pyrrole nitrogens is 1. The summed E-state index contributed by atoms with van der Waals surface area (Å²) in [6, 6.07) is 13.3. The van der Waals surface area contributed by atoms with Crippen LogP contribution in [0.3, 0.4) is 0 Å². The Bertz CT molecular complexity index is 542. The molecule has 1 amide bonds. The van der Waals surface area contributed by atoms with Gasteiger partial charge in [-0.05, 0) is 31.5 Å². The lowest BCUT2D eigenvalue weighted by molar-refractivity contribution is 0.0277. The van der Waals surface area contributed by atoms with Crippen LogP contribution in [0.1, 0.15) is 29.9 Å². The topological polar surface area (TPSA) is 56.3 Å². The molecule has 2 N–H and O–H groups in total. The summed E-state index contributed by atoms with van der Waals surface area (Å²) in [5.41, 5.74) is 0.638. The summed E-state index contributed by atoms with van der Waals surface area (Å²) >= 11 is 0. The van der Waals surface area contributed by atoms with Crippen molar-refractivity contribution in [1.82, 2.24) is 9.88 Å². The van der Waals surface area contributed by atoms with Crippen molar-refractivity contribution in [2.24, 2.45) is 0 Å². The second-order valence-corrected chi connectivity index (χ2v) is 5.54. The molecule has 0 atom stereocenters. The summed E-state index contributed by atoms with van der Waals surface area (Å²) < 4.78 is 0. The fourth-order valence-electron chi connectivity index (χ4n) is 2.10. The highest BCUT2D eigenvalue weighted by Crippen LogP contribution is 2.13. The van der Waals surface area contributed by atoms with Crippen molar-refractivity contribution in [2.45, 2.75) is 26.0 Å². The molecule has 2 rings (SSSR count). The minimum Gasteiger partial charge on any atom is -0.389 e. The predicted octanol–water partition coefficient (Wildman–Crippen LogP) is 2.43. The largest absolute Gasteiger partial charge is 0.389 e. The Morgan fingerprint density at radius 1 is 1.20 bits per heavy atom. The van der Waals surface area contributed by atoms with Gasteiger partial charge >= 0.3 is 0 Å². The Balaban J connectivity index is 2.19. The lowest BCUT2D eigenvalue weighted by atomic mass is 10.1. The minimum absolute atomic E-state index is 0.110. The van der Waals surface area contributed by atoms with E-state index in [9.17, 15) is 9.90 Å². The molecule has 2 aromatic rings. The maximum atomic E-state index is 12.5. The highest BCUT2D eigenvalue weighted by Gasteiger charge is 2.24. The summed E-state index contributed by atoms with van der Waals surface area (Å²) in [7, 11) is 0. The first-order valence-electron chi connectivity index (χ1n) is 6.65. The maximum Gasteiger partial charge on any atom is 0.270 e. The monoisotopic (exact) mass is 272 g/mol. The molecule has 0 unspecified atom stereocenters. The zero-order valence-corrected chi connectivity index (χ0v) is 11.8. The molecule has 1 heterocycles. The Labute approximate surface area is 119 Å². The molecule has 20 heavy (non-hydrogen) atoms. The van der Waals surface area contributed by atoms with Gasteiger partial charge in [0.25, 0.3) is 5.91 Å². The Morgan fingerprint density at radius 3 is 2.45 bits per heavy atom. The van der Waals surface area contributed by atoms with Gasteiger partial charge < -0.3 is 15.0 Å². The van der Waals surface area contributed by atoms with E-state index in [4.69, 9.17) is 0 Å². The lowest BCUT2D eigenvalue weighted by Gasteiger charge is -2.29. The molecule has 0 saturated carbocycles. The smallest absolute Gasteiger partial charge is 0.270 e. The number of nitrogens with zero attached hydrogens (tertiary/aromatic N) is 1. The van der Waals surface area contributed by atoms with Crippen molar-refractivity contribution in [3.63, 3.8) is 0 Å². The molecule has 0 aliphatic carbocycles. The summed E-state index contributed by atoms with van der Waals surface area (Å²) in [5.74, 6) is -0.110. The molecule has 0 aliphatic rings. The van der Waals surface area contributed by atoms with Crippen LogP contribution in [-0.2, 0) is 6.54 Å². The van der Waals surface area contributed by atoms with E-state index in [0.29, 0.717) is 12.2 Å². The number of hydrogen-bond donors (Lipinski definition) is 2. The van der Waals surface area contributed by atoms with Gasteiger partial charge in [0.2, 0.25) is 0 Å². The number of aliphatic hydroxyl groups is 1.